The Kier molecular flexibility index (Phi) is 4.55. The summed E-state index contributed by atoms with van der Waals surface area (Å²) in [4.78, 5) is 11.1. The van der Waals surface area contributed by atoms with Gasteiger partial charge in [0.2, 0.25) is 0 Å². The summed E-state index contributed by atoms with van der Waals surface area (Å²) in [7, 11) is 0. The van der Waals surface area contributed by atoms with Crippen LogP contribution in [0.3, 0.4) is 0 Å². The van der Waals surface area contributed by atoms with E-state index in [0.29, 0.717) is 5.92 Å². The van der Waals surface area contributed by atoms with Crippen LogP contribution in [0, 0.1) is 5.92 Å². The third-order valence-electron chi connectivity index (χ3n) is 2.92. The highest BCUT2D eigenvalue weighted by Gasteiger charge is 2.30. The van der Waals surface area contributed by atoms with E-state index in [-0.39, 0.29) is 5.54 Å². The van der Waals surface area contributed by atoms with Gasteiger partial charge in [-0.1, -0.05) is 13.8 Å². The Morgan fingerprint density at radius 1 is 1.43 bits per heavy atom. The van der Waals surface area contributed by atoms with Crippen LogP contribution >= 0.6 is 0 Å². The van der Waals surface area contributed by atoms with Crippen molar-refractivity contribution in [1.29, 1.82) is 0 Å². The Hall–Kier alpha value is -0.410. The first-order valence-electron chi connectivity index (χ1n) is 5.61. The van der Waals surface area contributed by atoms with Crippen molar-refractivity contribution in [1.82, 2.24) is 10.6 Å². The van der Waals surface area contributed by atoms with Gasteiger partial charge in [0.05, 0.1) is 5.54 Å². The summed E-state index contributed by atoms with van der Waals surface area (Å²) in [5.74, 6) is 0.702. The molecule has 0 aromatic carbocycles. The van der Waals surface area contributed by atoms with Crippen LogP contribution < -0.4 is 10.6 Å². The molecule has 0 spiro atoms. The van der Waals surface area contributed by atoms with E-state index in [0.717, 1.165) is 45.2 Å². The summed E-state index contributed by atoms with van der Waals surface area (Å²) in [6, 6.07) is 0. The highest BCUT2D eigenvalue weighted by atomic mass is 16.1. The lowest BCUT2D eigenvalue weighted by atomic mass is 9.89. The maximum atomic E-state index is 11.1. The van der Waals surface area contributed by atoms with Crippen LogP contribution in [0.4, 0.5) is 0 Å². The molecule has 0 radical (unpaired) electrons. The molecular formula is C11H22N2O. The van der Waals surface area contributed by atoms with Crippen LogP contribution in [0.5, 0.6) is 0 Å². The van der Waals surface area contributed by atoms with Crippen molar-refractivity contribution in [3.05, 3.63) is 0 Å². The molecule has 3 nitrogen and oxygen atoms in total. The maximum absolute atomic E-state index is 11.1. The summed E-state index contributed by atoms with van der Waals surface area (Å²) >= 11 is 0. The molecule has 0 atom stereocenters. The van der Waals surface area contributed by atoms with Gasteiger partial charge in [-0.2, -0.15) is 0 Å². The van der Waals surface area contributed by atoms with Crippen LogP contribution in [0.1, 0.15) is 33.1 Å². The number of piperidine rings is 1. The van der Waals surface area contributed by atoms with E-state index < -0.39 is 0 Å². The maximum Gasteiger partial charge on any atom is 0.140 e. The number of aldehydes is 1. The van der Waals surface area contributed by atoms with Crippen molar-refractivity contribution >= 4 is 6.29 Å². The number of rotatable bonds is 5. The van der Waals surface area contributed by atoms with Gasteiger partial charge in [-0.25, -0.2) is 0 Å². The fraction of sp³-hybridized carbons (Fsp3) is 0.909. The summed E-state index contributed by atoms with van der Waals surface area (Å²) in [5.41, 5.74) is -0.236. The Morgan fingerprint density at radius 2 is 2.07 bits per heavy atom. The average Bonchev–Trinajstić information content (AvgIpc) is 2.19. The third kappa shape index (κ3) is 3.39. The number of hydrogen-bond donors (Lipinski definition) is 2. The zero-order valence-corrected chi connectivity index (χ0v) is 9.31. The van der Waals surface area contributed by atoms with Crippen molar-refractivity contribution in [2.24, 2.45) is 5.92 Å². The molecule has 0 bridgehead atoms. The lowest BCUT2D eigenvalue weighted by Crippen LogP contribution is -2.54. The van der Waals surface area contributed by atoms with Crippen LogP contribution in [0.15, 0.2) is 0 Å². The average molecular weight is 198 g/mol. The minimum Gasteiger partial charge on any atom is -0.317 e. The molecular weight excluding hydrogens is 176 g/mol. The van der Waals surface area contributed by atoms with Gasteiger partial charge >= 0.3 is 0 Å². The SMILES string of the molecule is CC(C)CCNC1(C=O)CCNCC1. The number of carbonyl (C=O) groups is 1. The Labute approximate surface area is 86.6 Å². The molecule has 2 N–H and O–H groups in total. The summed E-state index contributed by atoms with van der Waals surface area (Å²) in [5, 5.41) is 6.68. The van der Waals surface area contributed by atoms with E-state index in [1.807, 2.05) is 0 Å². The molecule has 0 unspecified atom stereocenters. The van der Waals surface area contributed by atoms with Crippen molar-refractivity contribution in [3.63, 3.8) is 0 Å². The zero-order chi connectivity index (χ0) is 10.4. The lowest BCUT2D eigenvalue weighted by molar-refractivity contribution is -0.114. The predicted molar refractivity (Wildman–Crippen MR) is 58.4 cm³/mol. The summed E-state index contributed by atoms with van der Waals surface area (Å²) < 4.78 is 0. The molecule has 1 fully saturated rings. The molecule has 0 saturated carbocycles. The molecule has 0 aromatic rings. The number of hydrogen-bond acceptors (Lipinski definition) is 3. The van der Waals surface area contributed by atoms with Crippen LogP contribution in [-0.4, -0.2) is 31.5 Å². The van der Waals surface area contributed by atoms with Crippen LogP contribution in [0.2, 0.25) is 0 Å². The fourth-order valence-electron chi connectivity index (χ4n) is 1.82. The second-order valence-corrected chi connectivity index (χ2v) is 4.63. The summed E-state index contributed by atoms with van der Waals surface area (Å²) in [6.45, 7) is 7.27. The number of carbonyl (C=O) groups excluding carboxylic acids is 1. The van der Waals surface area contributed by atoms with Gasteiger partial charge in [-0.05, 0) is 44.8 Å². The monoisotopic (exact) mass is 198 g/mol. The Bertz CT molecular complexity index is 174. The van der Waals surface area contributed by atoms with Crippen molar-refractivity contribution < 1.29 is 4.79 Å². The molecule has 3 heteroatoms. The second-order valence-electron chi connectivity index (χ2n) is 4.63. The van der Waals surface area contributed by atoms with E-state index >= 15 is 0 Å². The van der Waals surface area contributed by atoms with Crippen molar-refractivity contribution in [3.8, 4) is 0 Å². The largest absolute Gasteiger partial charge is 0.317 e. The molecule has 1 heterocycles. The molecule has 1 aliphatic rings. The van der Waals surface area contributed by atoms with Gasteiger partial charge in [0.1, 0.15) is 6.29 Å². The topological polar surface area (TPSA) is 41.1 Å². The first-order valence-corrected chi connectivity index (χ1v) is 5.61. The molecule has 1 saturated heterocycles. The smallest absolute Gasteiger partial charge is 0.140 e. The first kappa shape index (κ1) is 11.7. The normalized spacial score (nSPS) is 21.1. The van der Waals surface area contributed by atoms with Crippen LogP contribution in [-0.2, 0) is 4.79 Å². The van der Waals surface area contributed by atoms with Gasteiger partial charge in [0, 0.05) is 0 Å². The van der Waals surface area contributed by atoms with Gasteiger partial charge in [0.15, 0.2) is 0 Å². The van der Waals surface area contributed by atoms with Gasteiger partial charge < -0.3 is 15.4 Å². The highest BCUT2D eigenvalue weighted by molar-refractivity contribution is 5.64. The van der Waals surface area contributed by atoms with Crippen molar-refractivity contribution in [2.45, 2.75) is 38.6 Å². The molecule has 1 aliphatic heterocycles. The van der Waals surface area contributed by atoms with Gasteiger partial charge in [-0.3, -0.25) is 0 Å². The third-order valence-corrected chi connectivity index (χ3v) is 2.92. The quantitative estimate of drug-likeness (QED) is 0.646. The Balaban J connectivity index is 2.32. The molecule has 0 aliphatic carbocycles. The van der Waals surface area contributed by atoms with E-state index in [2.05, 4.69) is 24.5 Å². The summed E-state index contributed by atoms with van der Waals surface area (Å²) in [6.07, 6.45) is 4.10. The predicted octanol–water partition coefficient (Wildman–Crippen LogP) is 0.943. The van der Waals surface area contributed by atoms with E-state index in [1.54, 1.807) is 0 Å². The van der Waals surface area contributed by atoms with E-state index in [9.17, 15) is 4.79 Å². The second kappa shape index (κ2) is 5.47. The van der Waals surface area contributed by atoms with E-state index in [4.69, 9.17) is 0 Å². The Morgan fingerprint density at radius 3 is 2.57 bits per heavy atom. The minimum absolute atomic E-state index is 0.236. The van der Waals surface area contributed by atoms with E-state index in [1.165, 1.54) is 0 Å². The fourth-order valence-corrected chi connectivity index (χ4v) is 1.82. The first-order chi connectivity index (χ1) is 6.68. The minimum atomic E-state index is -0.236. The molecule has 82 valence electrons. The lowest BCUT2D eigenvalue weighted by Gasteiger charge is -2.33. The standard InChI is InChI=1S/C11H22N2O/c1-10(2)3-6-13-11(9-14)4-7-12-8-5-11/h9-10,12-13H,3-8H2,1-2H3. The van der Waals surface area contributed by atoms with Crippen molar-refractivity contribution in [2.75, 3.05) is 19.6 Å². The molecule has 14 heavy (non-hydrogen) atoms. The number of nitrogens with one attached hydrogen (secondary N) is 2. The highest BCUT2D eigenvalue weighted by Crippen LogP contribution is 2.15. The van der Waals surface area contributed by atoms with Crippen LogP contribution in [0.25, 0.3) is 0 Å². The molecule has 1 rings (SSSR count). The molecule has 0 amide bonds. The zero-order valence-electron chi connectivity index (χ0n) is 9.31. The van der Waals surface area contributed by atoms with Gasteiger partial charge in [0.25, 0.3) is 0 Å². The molecule has 0 aromatic heterocycles. The van der Waals surface area contributed by atoms with Gasteiger partial charge in [-0.15, -0.1) is 0 Å².